The van der Waals surface area contributed by atoms with Crippen molar-refractivity contribution in [1.82, 2.24) is 0 Å². The molecule has 0 aromatic carbocycles. The van der Waals surface area contributed by atoms with Gasteiger partial charge in [-0.2, -0.15) is 0 Å². The standard InChI is InChI=1S/C11H19FO4/c1-4-11(5-2)15-8-7(6-13-3)14-10(12)9(8)16-11/h7-10H,4-6H2,1-3H3/t7-,8-,9-,10-/m1/s1. The predicted molar refractivity (Wildman–Crippen MR) is 54.7 cm³/mol. The Balaban J connectivity index is 2.09. The molecule has 0 radical (unpaired) electrons. The summed E-state index contributed by atoms with van der Waals surface area (Å²) in [6.45, 7) is 4.28. The smallest absolute Gasteiger partial charge is 0.228 e. The second kappa shape index (κ2) is 4.56. The first-order valence-electron chi connectivity index (χ1n) is 5.80. The van der Waals surface area contributed by atoms with E-state index in [0.29, 0.717) is 19.4 Å². The summed E-state index contributed by atoms with van der Waals surface area (Å²) < 4.78 is 35.2. The number of hydrogen-bond donors (Lipinski definition) is 0. The first-order valence-corrected chi connectivity index (χ1v) is 5.80. The van der Waals surface area contributed by atoms with Crippen LogP contribution in [0.2, 0.25) is 0 Å². The lowest BCUT2D eigenvalue weighted by Crippen LogP contribution is -2.35. The Kier molecular flexibility index (Phi) is 3.49. The van der Waals surface area contributed by atoms with E-state index in [1.165, 1.54) is 0 Å². The minimum atomic E-state index is -1.41. The van der Waals surface area contributed by atoms with Crippen LogP contribution < -0.4 is 0 Å². The number of rotatable bonds is 4. The molecular formula is C11H19FO4. The summed E-state index contributed by atoms with van der Waals surface area (Å²) in [5, 5.41) is 0. The summed E-state index contributed by atoms with van der Waals surface area (Å²) in [7, 11) is 1.56. The largest absolute Gasteiger partial charge is 0.382 e. The van der Waals surface area contributed by atoms with E-state index in [4.69, 9.17) is 18.9 Å². The van der Waals surface area contributed by atoms with E-state index in [0.717, 1.165) is 0 Å². The third-order valence-corrected chi connectivity index (χ3v) is 3.36. The van der Waals surface area contributed by atoms with Crippen molar-refractivity contribution in [3.8, 4) is 0 Å². The van der Waals surface area contributed by atoms with Crippen LogP contribution in [0.25, 0.3) is 0 Å². The third-order valence-electron chi connectivity index (χ3n) is 3.36. The summed E-state index contributed by atoms with van der Waals surface area (Å²) in [4.78, 5) is 0. The first-order chi connectivity index (χ1) is 7.65. The Hall–Kier alpha value is -0.230. The summed E-state index contributed by atoms with van der Waals surface area (Å²) in [5.41, 5.74) is 0. The molecule has 2 aliphatic rings. The second-order valence-corrected chi connectivity index (χ2v) is 4.26. The van der Waals surface area contributed by atoms with Crippen molar-refractivity contribution in [2.45, 2.75) is 57.1 Å². The molecule has 0 bridgehead atoms. The highest BCUT2D eigenvalue weighted by molar-refractivity contribution is 4.96. The van der Waals surface area contributed by atoms with Crippen LogP contribution in [0.5, 0.6) is 0 Å². The maximum atomic E-state index is 13.6. The Morgan fingerprint density at radius 1 is 1.19 bits per heavy atom. The van der Waals surface area contributed by atoms with Gasteiger partial charge in [0, 0.05) is 7.11 Å². The maximum absolute atomic E-state index is 13.6. The lowest BCUT2D eigenvalue weighted by atomic mass is 10.1. The predicted octanol–water partition coefficient (Wildman–Crippen LogP) is 1.63. The molecule has 4 atom stereocenters. The minimum absolute atomic E-state index is 0.328. The van der Waals surface area contributed by atoms with Crippen LogP contribution in [0.3, 0.4) is 0 Å². The molecule has 2 aliphatic heterocycles. The Bertz CT molecular complexity index is 244. The molecule has 16 heavy (non-hydrogen) atoms. The molecule has 0 spiro atoms. The lowest BCUT2D eigenvalue weighted by Gasteiger charge is -2.27. The molecular weight excluding hydrogens is 215 g/mol. The zero-order valence-corrected chi connectivity index (χ0v) is 9.94. The van der Waals surface area contributed by atoms with Crippen LogP contribution in [0.4, 0.5) is 4.39 Å². The zero-order chi connectivity index (χ0) is 11.8. The molecule has 0 aromatic heterocycles. The van der Waals surface area contributed by atoms with E-state index >= 15 is 0 Å². The number of halogens is 1. The van der Waals surface area contributed by atoms with E-state index in [2.05, 4.69) is 0 Å². The topological polar surface area (TPSA) is 36.9 Å². The lowest BCUT2D eigenvalue weighted by molar-refractivity contribution is -0.228. The molecule has 2 heterocycles. The van der Waals surface area contributed by atoms with Crippen LogP contribution in [0.15, 0.2) is 0 Å². The van der Waals surface area contributed by atoms with Gasteiger partial charge >= 0.3 is 0 Å². The number of ether oxygens (including phenoxy) is 4. The average molecular weight is 234 g/mol. The van der Waals surface area contributed by atoms with E-state index < -0.39 is 18.2 Å². The molecule has 2 rings (SSSR count). The summed E-state index contributed by atoms with van der Waals surface area (Å²) in [6.07, 6.45) is -1.32. The fourth-order valence-electron chi connectivity index (χ4n) is 2.35. The van der Waals surface area contributed by atoms with Crippen molar-refractivity contribution in [1.29, 1.82) is 0 Å². The first kappa shape index (κ1) is 12.2. The van der Waals surface area contributed by atoms with Gasteiger partial charge in [-0.15, -0.1) is 0 Å². The monoisotopic (exact) mass is 234 g/mol. The molecule has 2 fully saturated rings. The van der Waals surface area contributed by atoms with Gasteiger partial charge in [-0.1, -0.05) is 13.8 Å². The molecule has 4 nitrogen and oxygen atoms in total. The fraction of sp³-hybridized carbons (Fsp3) is 1.00. The summed E-state index contributed by atoms with van der Waals surface area (Å²) in [6, 6.07) is 0. The van der Waals surface area contributed by atoms with Crippen molar-refractivity contribution in [2.24, 2.45) is 0 Å². The van der Waals surface area contributed by atoms with Gasteiger partial charge in [0.2, 0.25) is 6.36 Å². The van der Waals surface area contributed by atoms with E-state index in [-0.39, 0.29) is 12.2 Å². The Labute approximate surface area is 95.0 Å². The SMILES string of the molecule is CCC1(CC)O[C@@H]2[C@H](O1)[C@@H](COC)O[C@H]2F. The fourth-order valence-corrected chi connectivity index (χ4v) is 2.35. The number of fused-ring (bicyclic) bond motifs is 1. The Morgan fingerprint density at radius 3 is 2.38 bits per heavy atom. The van der Waals surface area contributed by atoms with Gasteiger partial charge in [-0.3, -0.25) is 0 Å². The van der Waals surface area contributed by atoms with Crippen LogP contribution in [0, 0.1) is 0 Å². The van der Waals surface area contributed by atoms with Crippen LogP contribution in [0.1, 0.15) is 26.7 Å². The van der Waals surface area contributed by atoms with Gasteiger partial charge in [0.05, 0.1) is 6.61 Å². The molecule has 0 N–H and O–H groups in total. The zero-order valence-electron chi connectivity index (χ0n) is 9.94. The molecule has 2 saturated heterocycles. The van der Waals surface area contributed by atoms with E-state index in [1.54, 1.807) is 7.11 Å². The van der Waals surface area contributed by atoms with Crippen LogP contribution >= 0.6 is 0 Å². The van der Waals surface area contributed by atoms with Gasteiger partial charge in [0.15, 0.2) is 5.79 Å². The second-order valence-electron chi connectivity index (χ2n) is 4.26. The van der Waals surface area contributed by atoms with E-state index in [1.807, 2.05) is 13.8 Å². The normalized spacial score (nSPS) is 41.2. The number of hydrogen-bond acceptors (Lipinski definition) is 4. The molecule has 0 aromatic rings. The average Bonchev–Trinajstić information content (AvgIpc) is 2.79. The maximum Gasteiger partial charge on any atom is 0.228 e. The number of alkyl halides is 1. The van der Waals surface area contributed by atoms with Gasteiger partial charge in [-0.05, 0) is 12.8 Å². The van der Waals surface area contributed by atoms with Crippen molar-refractivity contribution < 1.29 is 23.3 Å². The highest BCUT2D eigenvalue weighted by Gasteiger charge is 2.57. The molecule has 0 unspecified atom stereocenters. The molecule has 0 aliphatic carbocycles. The highest BCUT2D eigenvalue weighted by Crippen LogP contribution is 2.42. The van der Waals surface area contributed by atoms with Crippen molar-refractivity contribution in [3.05, 3.63) is 0 Å². The Morgan fingerprint density at radius 2 is 1.81 bits per heavy atom. The molecule has 5 heteroatoms. The van der Waals surface area contributed by atoms with Crippen molar-refractivity contribution in [3.63, 3.8) is 0 Å². The molecule has 94 valence electrons. The summed E-state index contributed by atoms with van der Waals surface area (Å²) in [5.74, 6) is -0.643. The van der Waals surface area contributed by atoms with Crippen LogP contribution in [-0.4, -0.2) is 44.2 Å². The minimum Gasteiger partial charge on any atom is -0.382 e. The van der Waals surface area contributed by atoms with Gasteiger partial charge in [0.25, 0.3) is 0 Å². The molecule has 0 amide bonds. The van der Waals surface area contributed by atoms with Crippen molar-refractivity contribution >= 4 is 0 Å². The molecule has 0 saturated carbocycles. The van der Waals surface area contributed by atoms with Gasteiger partial charge in [-0.25, -0.2) is 4.39 Å². The number of methoxy groups -OCH3 is 1. The highest BCUT2D eigenvalue weighted by atomic mass is 19.1. The summed E-state index contributed by atoms with van der Waals surface area (Å²) >= 11 is 0. The van der Waals surface area contributed by atoms with Crippen LogP contribution in [-0.2, 0) is 18.9 Å². The third kappa shape index (κ3) is 1.86. The van der Waals surface area contributed by atoms with E-state index in [9.17, 15) is 4.39 Å². The van der Waals surface area contributed by atoms with Gasteiger partial charge < -0.3 is 18.9 Å². The van der Waals surface area contributed by atoms with Crippen molar-refractivity contribution in [2.75, 3.05) is 13.7 Å². The quantitative estimate of drug-likeness (QED) is 0.740. The van der Waals surface area contributed by atoms with Gasteiger partial charge in [0.1, 0.15) is 18.3 Å².